The normalized spacial score (nSPS) is 14.3. The van der Waals surface area contributed by atoms with E-state index >= 15 is 0 Å². The molecule has 0 unspecified atom stereocenters. The van der Waals surface area contributed by atoms with Crippen LogP contribution >= 0.6 is 0 Å². The van der Waals surface area contributed by atoms with Crippen LogP contribution in [0, 0.1) is 0 Å². The molecule has 24 heavy (non-hydrogen) atoms. The molecule has 0 atom stereocenters. The Morgan fingerprint density at radius 1 is 1.17 bits per heavy atom. The predicted octanol–water partition coefficient (Wildman–Crippen LogP) is 2.72. The molecule has 2 heterocycles. The molecule has 0 saturated carbocycles. The Labute approximate surface area is 141 Å². The molecule has 0 bridgehead atoms. The van der Waals surface area contributed by atoms with Crippen LogP contribution in [0.3, 0.4) is 0 Å². The highest BCUT2D eigenvalue weighted by atomic mass is 16.5. The number of aromatic nitrogens is 2. The average Bonchev–Trinajstić information content (AvgIpc) is 2.67. The number of ether oxygens (including phenoxy) is 1. The lowest BCUT2D eigenvalue weighted by Gasteiger charge is -2.26. The van der Waals surface area contributed by atoms with Crippen LogP contribution in [0.4, 0.5) is 5.82 Å². The fourth-order valence-electron chi connectivity index (χ4n) is 2.77. The first-order chi connectivity index (χ1) is 11.8. The van der Waals surface area contributed by atoms with Crippen molar-refractivity contribution in [2.45, 2.75) is 25.8 Å². The molecule has 1 saturated heterocycles. The van der Waals surface area contributed by atoms with Crippen LogP contribution in [0.25, 0.3) is 0 Å². The zero-order valence-electron chi connectivity index (χ0n) is 13.9. The third kappa shape index (κ3) is 4.01. The van der Waals surface area contributed by atoms with E-state index in [1.807, 2.05) is 29.2 Å². The van der Waals surface area contributed by atoms with Gasteiger partial charge in [-0.15, -0.1) is 0 Å². The summed E-state index contributed by atoms with van der Waals surface area (Å²) in [6.07, 6.45) is 4.77. The van der Waals surface area contributed by atoms with E-state index in [0.717, 1.165) is 37.2 Å². The van der Waals surface area contributed by atoms with Crippen molar-refractivity contribution in [3.05, 3.63) is 47.9 Å². The van der Waals surface area contributed by atoms with Gasteiger partial charge in [0.2, 0.25) is 0 Å². The Morgan fingerprint density at radius 3 is 2.62 bits per heavy atom. The van der Waals surface area contributed by atoms with E-state index in [4.69, 9.17) is 4.74 Å². The maximum Gasteiger partial charge on any atom is 0.272 e. The van der Waals surface area contributed by atoms with Crippen LogP contribution in [0.2, 0.25) is 0 Å². The summed E-state index contributed by atoms with van der Waals surface area (Å²) in [7, 11) is 1.65. The zero-order chi connectivity index (χ0) is 16.8. The number of likely N-dealkylation sites (tertiary alicyclic amines) is 1. The number of nitrogens with one attached hydrogen (secondary N) is 1. The zero-order valence-corrected chi connectivity index (χ0v) is 13.9. The van der Waals surface area contributed by atoms with Crippen LogP contribution < -0.4 is 10.1 Å². The number of amides is 1. The molecule has 1 aliphatic rings. The summed E-state index contributed by atoms with van der Waals surface area (Å²) in [5, 5.41) is 3.23. The van der Waals surface area contributed by atoms with Crippen LogP contribution in [0.15, 0.2) is 36.7 Å². The van der Waals surface area contributed by atoms with Gasteiger partial charge < -0.3 is 15.0 Å². The minimum absolute atomic E-state index is 0.00963. The van der Waals surface area contributed by atoms with E-state index in [2.05, 4.69) is 15.3 Å². The largest absolute Gasteiger partial charge is 0.497 e. The smallest absolute Gasteiger partial charge is 0.272 e. The third-order valence-electron chi connectivity index (χ3n) is 4.16. The molecule has 1 aliphatic heterocycles. The quantitative estimate of drug-likeness (QED) is 0.915. The van der Waals surface area contributed by atoms with Crippen molar-refractivity contribution in [1.82, 2.24) is 14.9 Å². The average molecular weight is 326 g/mol. The second kappa shape index (κ2) is 7.77. The number of benzene rings is 1. The fourth-order valence-corrected chi connectivity index (χ4v) is 2.77. The number of hydrogen-bond acceptors (Lipinski definition) is 5. The molecule has 0 aliphatic carbocycles. The molecule has 1 fully saturated rings. The number of piperidine rings is 1. The molecule has 1 aromatic heterocycles. The van der Waals surface area contributed by atoms with Crippen LogP contribution in [0.1, 0.15) is 35.3 Å². The van der Waals surface area contributed by atoms with Crippen LogP contribution in [-0.2, 0) is 6.54 Å². The molecule has 3 rings (SSSR count). The van der Waals surface area contributed by atoms with Gasteiger partial charge in [0.15, 0.2) is 0 Å². The fraction of sp³-hybridized carbons (Fsp3) is 0.389. The Hall–Kier alpha value is -2.63. The van der Waals surface area contributed by atoms with Crippen molar-refractivity contribution < 1.29 is 9.53 Å². The highest BCUT2D eigenvalue weighted by molar-refractivity contribution is 5.92. The highest BCUT2D eigenvalue weighted by Gasteiger charge is 2.19. The Kier molecular flexibility index (Phi) is 5.25. The molecule has 1 N–H and O–H groups in total. The van der Waals surface area contributed by atoms with Crippen molar-refractivity contribution in [2.24, 2.45) is 0 Å². The summed E-state index contributed by atoms with van der Waals surface area (Å²) in [6, 6.07) is 9.55. The number of nitrogens with zero attached hydrogens (tertiary/aromatic N) is 3. The predicted molar refractivity (Wildman–Crippen MR) is 92.1 cm³/mol. The van der Waals surface area contributed by atoms with Gasteiger partial charge in [0.1, 0.15) is 23.6 Å². The summed E-state index contributed by atoms with van der Waals surface area (Å²) in [5.41, 5.74) is 1.56. The summed E-state index contributed by atoms with van der Waals surface area (Å²) < 4.78 is 5.15. The molecule has 2 aromatic rings. The standard InChI is InChI=1S/C18H22N4O2/c1-24-15-7-5-14(6-8-15)12-19-17-11-16(20-13-21-17)18(23)22-9-3-2-4-10-22/h5-8,11,13H,2-4,9-10,12H2,1H3,(H,19,20,21). The molecule has 0 radical (unpaired) electrons. The molecule has 1 aromatic carbocycles. The molecule has 6 nitrogen and oxygen atoms in total. The van der Waals surface area contributed by atoms with Gasteiger partial charge >= 0.3 is 0 Å². The lowest BCUT2D eigenvalue weighted by molar-refractivity contribution is 0.0718. The minimum Gasteiger partial charge on any atom is -0.497 e. The van der Waals surface area contributed by atoms with Gasteiger partial charge in [-0.25, -0.2) is 9.97 Å². The van der Waals surface area contributed by atoms with E-state index in [1.54, 1.807) is 13.2 Å². The second-order valence-electron chi connectivity index (χ2n) is 5.84. The maximum absolute atomic E-state index is 12.5. The number of carbonyl (C=O) groups excluding carboxylic acids is 1. The van der Waals surface area contributed by atoms with Gasteiger partial charge in [-0.1, -0.05) is 12.1 Å². The monoisotopic (exact) mass is 326 g/mol. The number of carbonyl (C=O) groups is 1. The minimum atomic E-state index is -0.00963. The van der Waals surface area contributed by atoms with E-state index in [-0.39, 0.29) is 5.91 Å². The van der Waals surface area contributed by atoms with Gasteiger partial charge in [-0.05, 0) is 37.0 Å². The maximum atomic E-state index is 12.5. The molecular weight excluding hydrogens is 304 g/mol. The molecule has 126 valence electrons. The highest BCUT2D eigenvalue weighted by Crippen LogP contribution is 2.15. The van der Waals surface area contributed by atoms with Gasteiger partial charge in [-0.2, -0.15) is 0 Å². The van der Waals surface area contributed by atoms with Gasteiger partial charge in [0, 0.05) is 25.7 Å². The molecular formula is C18H22N4O2. The Balaban J connectivity index is 1.62. The van der Waals surface area contributed by atoms with E-state index < -0.39 is 0 Å². The second-order valence-corrected chi connectivity index (χ2v) is 5.84. The van der Waals surface area contributed by atoms with E-state index in [0.29, 0.717) is 18.1 Å². The molecule has 0 spiro atoms. The number of rotatable bonds is 5. The first-order valence-electron chi connectivity index (χ1n) is 8.24. The number of hydrogen-bond donors (Lipinski definition) is 1. The first kappa shape index (κ1) is 16.2. The first-order valence-corrected chi connectivity index (χ1v) is 8.24. The van der Waals surface area contributed by atoms with Gasteiger partial charge in [0.05, 0.1) is 7.11 Å². The van der Waals surface area contributed by atoms with Crippen molar-refractivity contribution in [2.75, 3.05) is 25.5 Å². The van der Waals surface area contributed by atoms with Crippen molar-refractivity contribution in [3.8, 4) is 5.75 Å². The van der Waals surface area contributed by atoms with Crippen LogP contribution in [-0.4, -0.2) is 41.0 Å². The lowest BCUT2D eigenvalue weighted by atomic mass is 10.1. The van der Waals surface area contributed by atoms with E-state index in [9.17, 15) is 4.79 Å². The summed E-state index contributed by atoms with van der Waals surface area (Å²) in [4.78, 5) is 22.7. The van der Waals surface area contributed by atoms with E-state index in [1.165, 1.54) is 12.7 Å². The van der Waals surface area contributed by atoms with Crippen molar-refractivity contribution in [1.29, 1.82) is 0 Å². The van der Waals surface area contributed by atoms with Crippen molar-refractivity contribution >= 4 is 11.7 Å². The van der Waals surface area contributed by atoms with Crippen molar-refractivity contribution in [3.63, 3.8) is 0 Å². The van der Waals surface area contributed by atoms with Crippen LogP contribution in [0.5, 0.6) is 5.75 Å². The summed E-state index contributed by atoms with van der Waals surface area (Å²) >= 11 is 0. The lowest BCUT2D eigenvalue weighted by Crippen LogP contribution is -2.36. The Morgan fingerprint density at radius 2 is 1.92 bits per heavy atom. The third-order valence-corrected chi connectivity index (χ3v) is 4.16. The molecule has 1 amide bonds. The summed E-state index contributed by atoms with van der Waals surface area (Å²) in [5.74, 6) is 1.47. The topological polar surface area (TPSA) is 67.3 Å². The summed E-state index contributed by atoms with van der Waals surface area (Å²) in [6.45, 7) is 2.26. The molecule has 6 heteroatoms. The SMILES string of the molecule is COc1ccc(CNc2cc(C(=O)N3CCCCC3)ncn2)cc1. The number of methoxy groups -OCH3 is 1. The Bertz CT molecular complexity index is 682. The van der Waals surface area contributed by atoms with Gasteiger partial charge in [0.25, 0.3) is 5.91 Å². The van der Waals surface area contributed by atoms with Gasteiger partial charge in [-0.3, -0.25) is 4.79 Å². The number of anilines is 1.